The van der Waals surface area contributed by atoms with Crippen LogP contribution in [0.25, 0.3) is 0 Å². The van der Waals surface area contributed by atoms with Gasteiger partial charge in [-0.25, -0.2) is 0 Å². The standard InChI is InChI=1S/C9H22N2/c1-4-6-9(5-2)11-8-7-10-3/h9-11H,4-8H2,1-3H3. The smallest absolute Gasteiger partial charge is 0.00792 e. The number of nitrogens with one attached hydrogen (secondary N) is 2. The van der Waals surface area contributed by atoms with Crippen molar-refractivity contribution in [3.05, 3.63) is 0 Å². The molecule has 0 radical (unpaired) electrons. The molecule has 0 aliphatic carbocycles. The number of likely N-dealkylation sites (N-methyl/N-ethyl adjacent to an activating group) is 1. The molecule has 0 aliphatic rings. The van der Waals surface area contributed by atoms with Crippen molar-refractivity contribution >= 4 is 0 Å². The lowest BCUT2D eigenvalue weighted by Crippen LogP contribution is -2.33. The fraction of sp³-hybridized carbons (Fsp3) is 1.00. The molecule has 0 aromatic heterocycles. The van der Waals surface area contributed by atoms with Gasteiger partial charge in [-0.3, -0.25) is 0 Å². The van der Waals surface area contributed by atoms with Crippen LogP contribution in [-0.4, -0.2) is 26.2 Å². The Bertz CT molecular complexity index is 74.0. The van der Waals surface area contributed by atoms with Gasteiger partial charge in [-0.15, -0.1) is 0 Å². The summed E-state index contributed by atoms with van der Waals surface area (Å²) in [4.78, 5) is 0. The second-order valence-electron chi connectivity index (χ2n) is 2.95. The average Bonchev–Trinajstić information content (AvgIpc) is 2.03. The van der Waals surface area contributed by atoms with Gasteiger partial charge in [0.1, 0.15) is 0 Å². The molecule has 0 saturated heterocycles. The van der Waals surface area contributed by atoms with Gasteiger partial charge in [0.15, 0.2) is 0 Å². The first-order valence-electron chi connectivity index (χ1n) is 4.73. The Morgan fingerprint density at radius 2 is 1.91 bits per heavy atom. The maximum Gasteiger partial charge on any atom is 0.00792 e. The molecule has 0 bridgehead atoms. The quantitative estimate of drug-likeness (QED) is 0.547. The van der Waals surface area contributed by atoms with Crippen molar-refractivity contribution in [1.29, 1.82) is 0 Å². The highest BCUT2D eigenvalue weighted by molar-refractivity contribution is 4.63. The zero-order valence-electron chi connectivity index (χ0n) is 8.11. The van der Waals surface area contributed by atoms with Gasteiger partial charge in [0.25, 0.3) is 0 Å². The van der Waals surface area contributed by atoms with Crippen molar-refractivity contribution in [2.75, 3.05) is 20.1 Å². The lowest BCUT2D eigenvalue weighted by atomic mass is 10.1. The first-order chi connectivity index (χ1) is 5.35. The van der Waals surface area contributed by atoms with Crippen molar-refractivity contribution in [1.82, 2.24) is 10.6 Å². The number of hydrogen-bond donors (Lipinski definition) is 2. The summed E-state index contributed by atoms with van der Waals surface area (Å²) in [5, 5.41) is 6.64. The molecule has 0 fully saturated rings. The summed E-state index contributed by atoms with van der Waals surface area (Å²) in [6.45, 7) is 6.64. The molecular weight excluding hydrogens is 136 g/mol. The third-order valence-electron chi connectivity index (χ3n) is 1.94. The molecule has 68 valence electrons. The normalized spacial score (nSPS) is 13.4. The summed E-state index contributed by atoms with van der Waals surface area (Å²) >= 11 is 0. The van der Waals surface area contributed by atoms with Gasteiger partial charge in [-0.1, -0.05) is 20.3 Å². The van der Waals surface area contributed by atoms with E-state index < -0.39 is 0 Å². The predicted octanol–water partition coefficient (Wildman–Crippen LogP) is 1.37. The van der Waals surface area contributed by atoms with Crippen molar-refractivity contribution in [2.45, 2.75) is 39.2 Å². The molecule has 0 spiro atoms. The predicted molar refractivity (Wildman–Crippen MR) is 50.9 cm³/mol. The fourth-order valence-electron chi connectivity index (χ4n) is 1.20. The average molecular weight is 158 g/mol. The molecular formula is C9H22N2. The minimum atomic E-state index is 0.730. The van der Waals surface area contributed by atoms with Crippen LogP contribution in [0.2, 0.25) is 0 Å². The largest absolute Gasteiger partial charge is 0.318 e. The Kier molecular flexibility index (Phi) is 7.96. The van der Waals surface area contributed by atoms with Crippen molar-refractivity contribution < 1.29 is 0 Å². The van der Waals surface area contributed by atoms with Crippen LogP contribution in [0, 0.1) is 0 Å². The van der Waals surface area contributed by atoms with Crippen LogP contribution in [0.15, 0.2) is 0 Å². The van der Waals surface area contributed by atoms with Crippen molar-refractivity contribution in [3.8, 4) is 0 Å². The molecule has 0 amide bonds. The van der Waals surface area contributed by atoms with E-state index in [9.17, 15) is 0 Å². The number of hydrogen-bond acceptors (Lipinski definition) is 2. The summed E-state index contributed by atoms with van der Waals surface area (Å²) in [5.74, 6) is 0. The minimum absolute atomic E-state index is 0.730. The van der Waals surface area contributed by atoms with E-state index in [4.69, 9.17) is 0 Å². The van der Waals surface area contributed by atoms with Crippen LogP contribution in [0.3, 0.4) is 0 Å². The first kappa shape index (κ1) is 10.9. The van der Waals surface area contributed by atoms with Crippen LogP contribution in [-0.2, 0) is 0 Å². The Morgan fingerprint density at radius 1 is 1.18 bits per heavy atom. The van der Waals surface area contributed by atoms with E-state index in [1.807, 2.05) is 7.05 Å². The van der Waals surface area contributed by atoms with Gasteiger partial charge >= 0.3 is 0 Å². The highest BCUT2D eigenvalue weighted by Crippen LogP contribution is 1.99. The molecule has 1 unspecified atom stereocenters. The molecule has 0 rings (SSSR count). The Morgan fingerprint density at radius 3 is 2.36 bits per heavy atom. The van der Waals surface area contributed by atoms with Gasteiger partial charge in [0, 0.05) is 19.1 Å². The summed E-state index contributed by atoms with van der Waals surface area (Å²) in [5.41, 5.74) is 0. The highest BCUT2D eigenvalue weighted by Gasteiger charge is 2.01. The van der Waals surface area contributed by atoms with Crippen LogP contribution >= 0.6 is 0 Å². The van der Waals surface area contributed by atoms with Crippen LogP contribution in [0.5, 0.6) is 0 Å². The maximum absolute atomic E-state index is 3.51. The molecule has 2 heteroatoms. The van der Waals surface area contributed by atoms with E-state index in [1.54, 1.807) is 0 Å². The maximum atomic E-state index is 3.51. The lowest BCUT2D eigenvalue weighted by molar-refractivity contribution is 0.462. The molecule has 1 atom stereocenters. The summed E-state index contributed by atoms with van der Waals surface area (Å²) in [6.07, 6.45) is 3.84. The molecule has 0 aromatic carbocycles. The molecule has 2 N–H and O–H groups in total. The first-order valence-corrected chi connectivity index (χ1v) is 4.73. The van der Waals surface area contributed by atoms with Gasteiger partial charge < -0.3 is 10.6 Å². The monoisotopic (exact) mass is 158 g/mol. The topological polar surface area (TPSA) is 24.1 Å². The van der Waals surface area contributed by atoms with E-state index in [0.29, 0.717) is 0 Å². The van der Waals surface area contributed by atoms with E-state index >= 15 is 0 Å². The van der Waals surface area contributed by atoms with Crippen molar-refractivity contribution in [2.24, 2.45) is 0 Å². The SMILES string of the molecule is CCCC(CC)NCCNC. The summed E-state index contributed by atoms with van der Waals surface area (Å²) in [6, 6.07) is 0.730. The van der Waals surface area contributed by atoms with Gasteiger partial charge in [0.05, 0.1) is 0 Å². The van der Waals surface area contributed by atoms with E-state index in [0.717, 1.165) is 19.1 Å². The Labute approximate surface area is 70.8 Å². The Balaban J connectivity index is 3.20. The molecule has 2 nitrogen and oxygen atoms in total. The van der Waals surface area contributed by atoms with E-state index in [2.05, 4.69) is 24.5 Å². The minimum Gasteiger partial charge on any atom is -0.318 e. The van der Waals surface area contributed by atoms with Crippen LogP contribution < -0.4 is 10.6 Å². The van der Waals surface area contributed by atoms with Gasteiger partial charge in [-0.05, 0) is 19.9 Å². The molecule has 11 heavy (non-hydrogen) atoms. The second kappa shape index (κ2) is 8.02. The zero-order chi connectivity index (χ0) is 8.53. The molecule has 0 saturated carbocycles. The lowest BCUT2D eigenvalue weighted by Gasteiger charge is -2.15. The highest BCUT2D eigenvalue weighted by atomic mass is 14.9. The zero-order valence-corrected chi connectivity index (χ0v) is 8.11. The van der Waals surface area contributed by atoms with Gasteiger partial charge in [0.2, 0.25) is 0 Å². The van der Waals surface area contributed by atoms with E-state index in [1.165, 1.54) is 19.3 Å². The third-order valence-corrected chi connectivity index (χ3v) is 1.94. The number of rotatable bonds is 7. The second-order valence-corrected chi connectivity index (χ2v) is 2.95. The van der Waals surface area contributed by atoms with Crippen molar-refractivity contribution in [3.63, 3.8) is 0 Å². The molecule has 0 aromatic rings. The van der Waals surface area contributed by atoms with E-state index in [-0.39, 0.29) is 0 Å². The molecule has 0 heterocycles. The summed E-state index contributed by atoms with van der Waals surface area (Å²) < 4.78 is 0. The fourth-order valence-corrected chi connectivity index (χ4v) is 1.20. The van der Waals surface area contributed by atoms with Gasteiger partial charge in [-0.2, -0.15) is 0 Å². The summed E-state index contributed by atoms with van der Waals surface area (Å²) in [7, 11) is 1.99. The van der Waals surface area contributed by atoms with Crippen LogP contribution in [0.4, 0.5) is 0 Å². The third kappa shape index (κ3) is 6.32. The molecule has 0 aliphatic heterocycles. The van der Waals surface area contributed by atoms with Crippen LogP contribution in [0.1, 0.15) is 33.1 Å². The Hall–Kier alpha value is -0.0800.